The number of fused-ring (bicyclic) bond motifs is 3. The molecule has 6 heteroatoms. The zero-order valence-corrected chi connectivity index (χ0v) is 14.9. The van der Waals surface area contributed by atoms with Crippen molar-refractivity contribution in [3.05, 3.63) is 59.7 Å². The monoisotopic (exact) mass is 369 g/mol. The Labute approximate surface area is 155 Å². The molecule has 0 saturated carbocycles. The molecule has 0 bridgehead atoms. The number of hydrogen-bond donors (Lipinski definition) is 2. The van der Waals surface area contributed by atoms with Gasteiger partial charge in [-0.25, -0.2) is 4.79 Å². The van der Waals surface area contributed by atoms with Gasteiger partial charge in [0, 0.05) is 17.7 Å². The van der Waals surface area contributed by atoms with E-state index in [9.17, 15) is 9.59 Å². The van der Waals surface area contributed by atoms with Gasteiger partial charge in [0.05, 0.1) is 0 Å². The van der Waals surface area contributed by atoms with Crippen LogP contribution in [0.2, 0.25) is 0 Å². The Bertz CT molecular complexity index is 808. The lowest BCUT2D eigenvalue weighted by molar-refractivity contribution is -0.136. The van der Waals surface area contributed by atoms with Gasteiger partial charge in [0.2, 0.25) is 0 Å². The van der Waals surface area contributed by atoms with Gasteiger partial charge in [-0.15, -0.1) is 11.8 Å². The van der Waals surface area contributed by atoms with Gasteiger partial charge in [0.1, 0.15) is 11.9 Å². The fourth-order valence-electron chi connectivity index (χ4n) is 3.71. The summed E-state index contributed by atoms with van der Waals surface area (Å²) in [5, 5.41) is 11.4. The van der Waals surface area contributed by atoms with Crippen molar-refractivity contribution in [1.29, 1.82) is 0 Å². The first kappa shape index (κ1) is 17.0. The number of alkyl carbamates (subject to hydrolysis) is 1. The fourth-order valence-corrected chi connectivity index (χ4v) is 4.90. The molecular formula is C20H19NO4S. The third-order valence-electron chi connectivity index (χ3n) is 4.94. The molecule has 0 aromatic heterocycles. The van der Waals surface area contributed by atoms with E-state index in [0.29, 0.717) is 12.2 Å². The van der Waals surface area contributed by atoms with Gasteiger partial charge >= 0.3 is 12.1 Å². The molecule has 1 aliphatic heterocycles. The van der Waals surface area contributed by atoms with E-state index in [-0.39, 0.29) is 18.6 Å². The summed E-state index contributed by atoms with van der Waals surface area (Å²) in [4.78, 5) is 23.2. The molecule has 1 aliphatic carbocycles. The lowest BCUT2D eigenvalue weighted by atomic mass is 9.98. The van der Waals surface area contributed by atoms with Crippen molar-refractivity contribution in [2.75, 3.05) is 12.4 Å². The van der Waals surface area contributed by atoms with E-state index in [4.69, 9.17) is 9.84 Å². The van der Waals surface area contributed by atoms with Crippen LogP contribution in [-0.2, 0) is 9.53 Å². The number of rotatable bonds is 4. The number of amides is 1. The molecule has 2 N–H and O–H groups in total. The van der Waals surface area contributed by atoms with Crippen molar-refractivity contribution in [2.24, 2.45) is 0 Å². The molecule has 134 valence electrons. The Morgan fingerprint density at radius 1 is 1.08 bits per heavy atom. The smallest absolute Gasteiger partial charge is 0.407 e. The fraction of sp³-hybridized carbons (Fsp3) is 0.300. The Morgan fingerprint density at radius 2 is 1.69 bits per heavy atom. The number of ether oxygens (including phenoxy) is 1. The highest BCUT2D eigenvalue weighted by molar-refractivity contribution is 8.00. The van der Waals surface area contributed by atoms with E-state index in [0.717, 1.165) is 0 Å². The SMILES string of the molecule is O=C(N[C@H]1CS[C@@H](C(=O)O)C1)OCC1c2ccccc2-c2ccccc21. The Hall–Kier alpha value is -2.47. The predicted octanol–water partition coefficient (Wildman–Crippen LogP) is 3.48. The van der Waals surface area contributed by atoms with Crippen LogP contribution >= 0.6 is 11.8 Å². The van der Waals surface area contributed by atoms with Crippen LogP contribution in [0.3, 0.4) is 0 Å². The Kier molecular flexibility index (Phi) is 4.59. The van der Waals surface area contributed by atoms with Crippen LogP contribution in [0, 0.1) is 0 Å². The maximum absolute atomic E-state index is 12.2. The second-order valence-electron chi connectivity index (χ2n) is 6.56. The van der Waals surface area contributed by atoms with Crippen molar-refractivity contribution < 1.29 is 19.4 Å². The van der Waals surface area contributed by atoms with Crippen molar-refractivity contribution in [2.45, 2.75) is 23.6 Å². The molecular weight excluding hydrogens is 350 g/mol. The van der Waals surface area contributed by atoms with Crippen LogP contribution in [0.15, 0.2) is 48.5 Å². The van der Waals surface area contributed by atoms with Gasteiger partial charge in [-0.05, 0) is 28.7 Å². The number of carbonyl (C=O) groups excluding carboxylic acids is 1. The van der Waals surface area contributed by atoms with Gasteiger partial charge in [0.15, 0.2) is 0 Å². The van der Waals surface area contributed by atoms with Gasteiger partial charge < -0.3 is 15.2 Å². The van der Waals surface area contributed by atoms with Gasteiger partial charge in [-0.1, -0.05) is 48.5 Å². The molecule has 2 aliphatic rings. The quantitative estimate of drug-likeness (QED) is 0.863. The molecule has 2 aromatic rings. The number of thioether (sulfide) groups is 1. The van der Waals surface area contributed by atoms with E-state index >= 15 is 0 Å². The first-order valence-electron chi connectivity index (χ1n) is 8.59. The molecule has 2 atom stereocenters. The standard InChI is InChI=1S/C20H19NO4S/c22-19(23)18-9-12(11-26-18)21-20(24)25-10-17-15-7-3-1-5-13(15)14-6-2-4-8-16(14)17/h1-8,12,17-18H,9-11H2,(H,21,24)(H,22,23)/t12-,18-/m1/s1. The van der Waals surface area contributed by atoms with Crippen molar-refractivity contribution in [1.82, 2.24) is 5.32 Å². The molecule has 1 heterocycles. The molecule has 0 radical (unpaired) electrons. The minimum absolute atomic E-state index is 0.0258. The second-order valence-corrected chi connectivity index (χ2v) is 7.80. The summed E-state index contributed by atoms with van der Waals surface area (Å²) >= 11 is 1.36. The molecule has 0 spiro atoms. The summed E-state index contributed by atoms with van der Waals surface area (Å²) in [7, 11) is 0. The number of nitrogens with one attached hydrogen (secondary N) is 1. The molecule has 2 aromatic carbocycles. The van der Waals surface area contributed by atoms with Gasteiger partial charge in [-0.2, -0.15) is 0 Å². The third kappa shape index (κ3) is 3.17. The van der Waals surface area contributed by atoms with Crippen LogP contribution < -0.4 is 5.32 Å². The van der Waals surface area contributed by atoms with Crippen LogP contribution in [-0.4, -0.2) is 40.8 Å². The molecule has 26 heavy (non-hydrogen) atoms. The zero-order valence-electron chi connectivity index (χ0n) is 14.1. The topological polar surface area (TPSA) is 75.6 Å². The zero-order chi connectivity index (χ0) is 18.1. The molecule has 1 fully saturated rings. The summed E-state index contributed by atoms with van der Waals surface area (Å²) in [5.74, 6) is -0.203. The number of hydrogen-bond acceptors (Lipinski definition) is 4. The number of benzene rings is 2. The highest BCUT2D eigenvalue weighted by Gasteiger charge is 2.32. The molecule has 4 rings (SSSR count). The van der Waals surface area contributed by atoms with E-state index < -0.39 is 17.3 Å². The number of aliphatic carboxylic acids is 1. The largest absolute Gasteiger partial charge is 0.480 e. The normalized spacial score (nSPS) is 21.1. The first-order chi connectivity index (χ1) is 12.6. The van der Waals surface area contributed by atoms with Crippen LogP contribution in [0.4, 0.5) is 4.79 Å². The molecule has 5 nitrogen and oxygen atoms in total. The van der Waals surface area contributed by atoms with Gasteiger partial charge in [0.25, 0.3) is 0 Å². The number of carboxylic acid groups (broad SMARTS) is 1. The third-order valence-corrected chi connectivity index (χ3v) is 6.33. The number of carboxylic acids is 1. The second kappa shape index (κ2) is 7.03. The number of carbonyl (C=O) groups is 2. The lowest BCUT2D eigenvalue weighted by Gasteiger charge is -2.16. The maximum Gasteiger partial charge on any atom is 0.407 e. The highest BCUT2D eigenvalue weighted by Crippen LogP contribution is 2.44. The minimum Gasteiger partial charge on any atom is -0.480 e. The van der Waals surface area contributed by atoms with Gasteiger partial charge in [-0.3, -0.25) is 4.79 Å². The Balaban J connectivity index is 1.41. The van der Waals surface area contributed by atoms with Crippen LogP contribution in [0.1, 0.15) is 23.5 Å². The van der Waals surface area contributed by atoms with E-state index in [1.165, 1.54) is 34.0 Å². The summed E-state index contributed by atoms with van der Waals surface area (Å²) < 4.78 is 5.49. The summed E-state index contributed by atoms with van der Waals surface area (Å²) in [6.07, 6.45) is -0.0482. The van der Waals surface area contributed by atoms with E-state index in [1.807, 2.05) is 24.3 Å². The highest BCUT2D eigenvalue weighted by atomic mass is 32.2. The molecule has 0 unspecified atom stereocenters. The van der Waals surface area contributed by atoms with Crippen molar-refractivity contribution in [3.63, 3.8) is 0 Å². The summed E-state index contributed by atoms with van der Waals surface area (Å²) in [6.45, 7) is 0.266. The molecule has 1 saturated heterocycles. The summed E-state index contributed by atoms with van der Waals surface area (Å²) in [5.41, 5.74) is 4.72. The summed E-state index contributed by atoms with van der Waals surface area (Å²) in [6, 6.07) is 16.2. The van der Waals surface area contributed by atoms with E-state index in [2.05, 4.69) is 29.6 Å². The predicted molar refractivity (Wildman–Crippen MR) is 100 cm³/mol. The maximum atomic E-state index is 12.2. The van der Waals surface area contributed by atoms with Crippen molar-refractivity contribution >= 4 is 23.8 Å². The lowest BCUT2D eigenvalue weighted by Crippen LogP contribution is -2.36. The minimum atomic E-state index is -0.827. The Morgan fingerprint density at radius 3 is 2.27 bits per heavy atom. The van der Waals surface area contributed by atoms with Crippen molar-refractivity contribution in [3.8, 4) is 11.1 Å². The average molecular weight is 369 g/mol. The molecule has 1 amide bonds. The van der Waals surface area contributed by atoms with Crippen LogP contribution in [0.25, 0.3) is 11.1 Å². The van der Waals surface area contributed by atoms with Crippen LogP contribution in [0.5, 0.6) is 0 Å². The average Bonchev–Trinajstić information content (AvgIpc) is 3.23. The first-order valence-corrected chi connectivity index (χ1v) is 9.64. The van der Waals surface area contributed by atoms with E-state index in [1.54, 1.807) is 0 Å².